The zero-order valence-corrected chi connectivity index (χ0v) is 15.0. The lowest BCUT2D eigenvalue weighted by Crippen LogP contribution is -2.27. The van der Waals surface area contributed by atoms with Crippen LogP contribution in [0.5, 0.6) is 5.75 Å². The van der Waals surface area contributed by atoms with Crippen molar-refractivity contribution in [3.8, 4) is 5.75 Å². The van der Waals surface area contributed by atoms with Gasteiger partial charge in [0.05, 0.1) is 5.69 Å². The molecule has 6 heteroatoms. The van der Waals surface area contributed by atoms with Crippen LogP contribution in [0.3, 0.4) is 0 Å². The van der Waals surface area contributed by atoms with E-state index in [1.54, 1.807) is 6.07 Å². The third-order valence-corrected chi connectivity index (χ3v) is 5.54. The van der Waals surface area contributed by atoms with Gasteiger partial charge < -0.3 is 15.4 Å². The molecule has 1 aromatic carbocycles. The molecule has 0 radical (unpaired) electrons. The number of rotatable bonds is 2. The third kappa shape index (κ3) is 2.99. The van der Waals surface area contributed by atoms with Crippen LogP contribution in [0.25, 0.3) is 10.2 Å². The maximum absolute atomic E-state index is 12.6. The van der Waals surface area contributed by atoms with Gasteiger partial charge in [-0.25, -0.2) is 9.78 Å². The summed E-state index contributed by atoms with van der Waals surface area (Å²) in [4.78, 5) is 20.8. The van der Waals surface area contributed by atoms with E-state index >= 15 is 0 Å². The number of aryl methyl sites for hydroxylation is 1. The van der Waals surface area contributed by atoms with Crippen LogP contribution in [0.1, 0.15) is 26.5 Å². The molecule has 0 spiro atoms. The summed E-state index contributed by atoms with van der Waals surface area (Å²) in [6, 6.07) is 9.48. The van der Waals surface area contributed by atoms with Crippen molar-refractivity contribution in [2.24, 2.45) is 0 Å². The molecule has 1 aliphatic heterocycles. The molecule has 5 nitrogen and oxygen atoms in total. The number of anilines is 1. The standard InChI is InChI=1S/C19H19N3O2S/c1-11-4-3-5-13(8-11)24-19(23)17-16(20)14-9-12-10-22(2)7-6-15(12)21-18(14)25-17/h3-5,8-9H,6-7,10,20H2,1-2H3. The highest BCUT2D eigenvalue weighted by molar-refractivity contribution is 7.21. The number of hydrogen-bond acceptors (Lipinski definition) is 6. The fourth-order valence-corrected chi connectivity index (χ4v) is 4.10. The number of likely N-dealkylation sites (N-methyl/N-ethyl adjacent to an activating group) is 1. The number of fused-ring (bicyclic) bond motifs is 2. The highest BCUT2D eigenvalue weighted by Crippen LogP contribution is 2.35. The van der Waals surface area contributed by atoms with Gasteiger partial charge in [0.1, 0.15) is 15.5 Å². The number of carbonyl (C=O) groups excluding carboxylic acids is 1. The number of aromatic nitrogens is 1. The van der Waals surface area contributed by atoms with Crippen LogP contribution in [0.4, 0.5) is 5.69 Å². The Morgan fingerprint density at radius 2 is 2.20 bits per heavy atom. The molecule has 0 unspecified atom stereocenters. The monoisotopic (exact) mass is 353 g/mol. The second-order valence-corrected chi connectivity index (χ2v) is 7.48. The number of pyridine rings is 1. The number of esters is 1. The Bertz CT molecular complexity index is 980. The summed E-state index contributed by atoms with van der Waals surface area (Å²) < 4.78 is 5.49. The maximum Gasteiger partial charge on any atom is 0.355 e. The van der Waals surface area contributed by atoms with Crippen LogP contribution in [0.2, 0.25) is 0 Å². The van der Waals surface area contributed by atoms with Crippen LogP contribution in [0.15, 0.2) is 30.3 Å². The van der Waals surface area contributed by atoms with Crippen LogP contribution < -0.4 is 10.5 Å². The molecule has 0 saturated heterocycles. The first-order chi connectivity index (χ1) is 12.0. The van der Waals surface area contributed by atoms with Crippen molar-refractivity contribution in [3.63, 3.8) is 0 Å². The fraction of sp³-hybridized carbons (Fsp3) is 0.263. The molecule has 3 heterocycles. The largest absolute Gasteiger partial charge is 0.422 e. The molecular weight excluding hydrogens is 334 g/mol. The number of nitrogen functional groups attached to an aromatic ring is 1. The van der Waals surface area contributed by atoms with E-state index in [0.29, 0.717) is 16.3 Å². The van der Waals surface area contributed by atoms with Crippen molar-refractivity contribution < 1.29 is 9.53 Å². The van der Waals surface area contributed by atoms with Gasteiger partial charge in [-0.3, -0.25) is 0 Å². The van der Waals surface area contributed by atoms with Crippen LogP contribution in [0, 0.1) is 6.92 Å². The molecule has 0 amide bonds. The summed E-state index contributed by atoms with van der Waals surface area (Å²) in [5.41, 5.74) is 10.0. The minimum absolute atomic E-state index is 0.416. The molecule has 0 fully saturated rings. The zero-order chi connectivity index (χ0) is 17.6. The Kier molecular flexibility index (Phi) is 3.94. The molecule has 0 bridgehead atoms. The molecule has 128 valence electrons. The van der Waals surface area contributed by atoms with Crippen molar-refractivity contribution in [1.82, 2.24) is 9.88 Å². The molecule has 0 saturated carbocycles. The number of benzene rings is 1. The summed E-state index contributed by atoms with van der Waals surface area (Å²) in [5.74, 6) is 0.0944. The van der Waals surface area contributed by atoms with E-state index in [1.807, 2.05) is 25.1 Å². The molecule has 4 rings (SSSR count). The van der Waals surface area contributed by atoms with Gasteiger partial charge in [-0.1, -0.05) is 12.1 Å². The highest BCUT2D eigenvalue weighted by Gasteiger charge is 2.22. The summed E-state index contributed by atoms with van der Waals surface area (Å²) in [5, 5.41) is 0.843. The Balaban J connectivity index is 1.70. The zero-order valence-electron chi connectivity index (χ0n) is 14.2. The SMILES string of the molecule is Cc1cccc(OC(=O)c2sc3nc4c(cc3c2N)CN(C)CC4)c1. The summed E-state index contributed by atoms with van der Waals surface area (Å²) >= 11 is 1.30. The number of thiophene rings is 1. The van der Waals surface area contributed by atoms with Crippen molar-refractivity contribution in [1.29, 1.82) is 0 Å². The Hall–Kier alpha value is -2.44. The number of nitrogens with two attached hydrogens (primary N) is 1. The number of hydrogen-bond donors (Lipinski definition) is 1. The van der Waals surface area contributed by atoms with Gasteiger partial charge in [-0.05, 0) is 43.3 Å². The first-order valence-corrected chi connectivity index (χ1v) is 9.01. The van der Waals surface area contributed by atoms with Crippen LogP contribution in [-0.4, -0.2) is 29.4 Å². The molecule has 2 aromatic heterocycles. The predicted molar refractivity (Wildman–Crippen MR) is 100 cm³/mol. The van der Waals surface area contributed by atoms with E-state index in [4.69, 9.17) is 15.5 Å². The summed E-state index contributed by atoms with van der Waals surface area (Å²) in [6.07, 6.45) is 0.919. The van der Waals surface area contributed by atoms with Gasteiger partial charge in [0.25, 0.3) is 0 Å². The summed E-state index contributed by atoms with van der Waals surface area (Å²) in [7, 11) is 2.09. The van der Waals surface area contributed by atoms with Gasteiger partial charge in [-0.15, -0.1) is 11.3 Å². The van der Waals surface area contributed by atoms with E-state index in [9.17, 15) is 4.79 Å². The van der Waals surface area contributed by atoms with Crippen LogP contribution in [-0.2, 0) is 13.0 Å². The topological polar surface area (TPSA) is 68.4 Å². The average Bonchev–Trinajstić information content (AvgIpc) is 2.89. The summed E-state index contributed by atoms with van der Waals surface area (Å²) in [6.45, 7) is 3.81. The van der Waals surface area contributed by atoms with Gasteiger partial charge >= 0.3 is 5.97 Å². The van der Waals surface area contributed by atoms with Crippen molar-refractivity contribution in [2.45, 2.75) is 19.9 Å². The molecule has 2 N–H and O–H groups in total. The first-order valence-electron chi connectivity index (χ1n) is 8.19. The smallest absolute Gasteiger partial charge is 0.355 e. The third-order valence-electron chi connectivity index (χ3n) is 4.45. The second kappa shape index (κ2) is 6.13. The first kappa shape index (κ1) is 16.1. The molecule has 0 aliphatic carbocycles. The van der Waals surface area contributed by atoms with Gasteiger partial charge in [0.15, 0.2) is 0 Å². The van der Waals surface area contributed by atoms with Gasteiger partial charge in [0.2, 0.25) is 0 Å². The predicted octanol–water partition coefficient (Wildman–Crippen LogP) is 3.39. The minimum Gasteiger partial charge on any atom is -0.422 e. The quantitative estimate of drug-likeness (QED) is 0.565. The number of nitrogens with zero attached hydrogens (tertiary/aromatic N) is 2. The molecular formula is C19H19N3O2S. The Labute approximate surface area is 150 Å². The van der Waals surface area contributed by atoms with Crippen molar-refractivity contribution in [3.05, 3.63) is 52.0 Å². The lowest BCUT2D eigenvalue weighted by molar-refractivity contribution is 0.0741. The highest BCUT2D eigenvalue weighted by atomic mass is 32.1. The average molecular weight is 353 g/mol. The van der Waals surface area contributed by atoms with Crippen molar-refractivity contribution in [2.75, 3.05) is 19.3 Å². The minimum atomic E-state index is -0.429. The lowest BCUT2D eigenvalue weighted by atomic mass is 10.0. The Morgan fingerprint density at radius 3 is 3.00 bits per heavy atom. The van der Waals surface area contributed by atoms with E-state index < -0.39 is 5.97 Å². The van der Waals surface area contributed by atoms with Crippen LogP contribution >= 0.6 is 11.3 Å². The maximum atomic E-state index is 12.6. The normalized spacial score (nSPS) is 14.5. The van der Waals surface area contributed by atoms with Crippen molar-refractivity contribution >= 4 is 33.2 Å². The molecule has 1 aliphatic rings. The van der Waals surface area contributed by atoms with Gasteiger partial charge in [0, 0.05) is 30.6 Å². The molecule has 0 atom stereocenters. The molecule has 25 heavy (non-hydrogen) atoms. The Morgan fingerprint density at radius 1 is 1.36 bits per heavy atom. The second-order valence-electron chi connectivity index (χ2n) is 6.49. The van der Waals surface area contributed by atoms with E-state index in [2.05, 4.69) is 18.0 Å². The van der Waals surface area contributed by atoms with Gasteiger partial charge in [-0.2, -0.15) is 0 Å². The van der Waals surface area contributed by atoms with E-state index in [0.717, 1.165) is 41.0 Å². The van der Waals surface area contributed by atoms with E-state index in [-0.39, 0.29) is 0 Å². The lowest BCUT2D eigenvalue weighted by Gasteiger charge is -2.24. The fourth-order valence-electron chi connectivity index (χ4n) is 3.12. The van der Waals surface area contributed by atoms with E-state index in [1.165, 1.54) is 16.9 Å². The number of carbonyl (C=O) groups is 1. The number of ether oxygens (including phenoxy) is 1. The molecule has 3 aromatic rings.